The summed E-state index contributed by atoms with van der Waals surface area (Å²) in [7, 11) is 0. The van der Waals surface area contributed by atoms with Crippen LogP contribution in [0.2, 0.25) is 0 Å². The van der Waals surface area contributed by atoms with Crippen molar-refractivity contribution in [2.24, 2.45) is 0 Å². The standard InChI is InChI=1S/C21H23FN2O3.ClH/c1-13(2-3-14-4-6-15(22)7-5-14)23-12-19(26)16-8-10-18(25)21-17(16)9-11-20(27)24-21;/h4-11,13,19,23,25-26H,2-3,12H2,1H3,(H,24,27);1H. The minimum atomic E-state index is -0.785. The highest BCUT2D eigenvalue weighted by molar-refractivity contribution is 5.87. The number of aromatic nitrogens is 1. The minimum Gasteiger partial charge on any atom is -0.506 e. The topological polar surface area (TPSA) is 85.3 Å². The lowest BCUT2D eigenvalue weighted by Crippen LogP contribution is -2.31. The summed E-state index contributed by atoms with van der Waals surface area (Å²) in [5.41, 5.74) is 1.72. The molecule has 1 heterocycles. The molecule has 2 aromatic carbocycles. The molecule has 0 radical (unpaired) electrons. The van der Waals surface area contributed by atoms with Gasteiger partial charge in [0.1, 0.15) is 11.6 Å². The normalized spacial score (nSPS) is 13.1. The maximum Gasteiger partial charge on any atom is 0.248 e. The lowest BCUT2D eigenvalue weighted by atomic mass is 10.0. The average Bonchev–Trinajstić information content (AvgIpc) is 2.66. The molecule has 0 amide bonds. The summed E-state index contributed by atoms with van der Waals surface area (Å²) in [5, 5.41) is 24.4. The lowest BCUT2D eigenvalue weighted by Gasteiger charge is -2.19. The van der Waals surface area contributed by atoms with Gasteiger partial charge in [-0.3, -0.25) is 4.79 Å². The Morgan fingerprint density at radius 3 is 2.54 bits per heavy atom. The molecule has 150 valence electrons. The summed E-state index contributed by atoms with van der Waals surface area (Å²) in [5.74, 6) is -0.269. The van der Waals surface area contributed by atoms with E-state index in [1.807, 2.05) is 6.92 Å². The van der Waals surface area contributed by atoms with Gasteiger partial charge >= 0.3 is 0 Å². The predicted octanol–water partition coefficient (Wildman–Crippen LogP) is 3.44. The minimum absolute atomic E-state index is 0. The number of aromatic amines is 1. The van der Waals surface area contributed by atoms with E-state index in [2.05, 4.69) is 10.3 Å². The van der Waals surface area contributed by atoms with Crippen molar-refractivity contribution in [2.75, 3.05) is 6.54 Å². The van der Waals surface area contributed by atoms with E-state index in [0.717, 1.165) is 18.4 Å². The number of aryl methyl sites for hydroxylation is 1. The molecule has 0 fully saturated rings. The molecule has 2 atom stereocenters. The van der Waals surface area contributed by atoms with Gasteiger partial charge < -0.3 is 20.5 Å². The Kier molecular flexibility index (Phi) is 7.57. The molecule has 2 unspecified atom stereocenters. The van der Waals surface area contributed by atoms with Crippen LogP contribution in [0, 0.1) is 5.82 Å². The summed E-state index contributed by atoms with van der Waals surface area (Å²) >= 11 is 0. The third-order valence-electron chi connectivity index (χ3n) is 4.70. The van der Waals surface area contributed by atoms with E-state index in [1.165, 1.54) is 24.3 Å². The fraction of sp³-hybridized carbons (Fsp3) is 0.286. The Morgan fingerprint density at radius 2 is 1.82 bits per heavy atom. The molecule has 7 heteroatoms. The zero-order valence-electron chi connectivity index (χ0n) is 15.5. The Morgan fingerprint density at radius 1 is 1.11 bits per heavy atom. The van der Waals surface area contributed by atoms with Crippen molar-refractivity contribution in [3.05, 3.63) is 75.8 Å². The Bertz CT molecular complexity index is 976. The Balaban J connectivity index is 0.00000280. The molecule has 0 saturated heterocycles. The fourth-order valence-corrected chi connectivity index (χ4v) is 3.11. The number of pyridine rings is 1. The van der Waals surface area contributed by atoms with E-state index in [1.54, 1.807) is 24.3 Å². The number of aliphatic hydroxyl groups excluding tert-OH is 1. The second-order valence-electron chi connectivity index (χ2n) is 6.78. The monoisotopic (exact) mass is 406 g/mol. The molecule has 3 rings (SSSR count). The highest BCUT2D eigenvalue weighted by Gasteiger charge is 2.15. The van der Waals surface area contributed by atoms with Gasteiger partial charge in [-0.15, -0.1) is 12.4 Å². The molecule has 3 aromatic rings. The third-order valence-corrected chi connectivity index (χ3v) is 4.70. The van der Waals surface area contributed by atoms with Crippen LogP contribution in [0.15, 0.2) is 53.3 Å². The van der Waals surface area contributed by atoms with Crippen molar-refractivity contribution in [2.45, 2.75) is 31.9 Å². The summed E-state index contributed by atoms with van der Waals surface area (Å²) < 4.78 is 12.9. The van der Waals surface area contributed by atoms with Gasteiger partial charge in [0.25, 0.3) is 0 Å². The molecule has 0 aliphatic heterocycles. The fourth-order valence-electron chi connectivity index (χ4n) is 3.11. The molecular formula is C21H24ClFN2O3. The maximum absolute atomic E-state index is 12.9. The number of hydrogen-bond acceptors (Lipinski definition) is 4. The molecule has 0 spiro atoms. The van der Waals surface area contributed by atoms with Crippen molar-refractivity contribution < 1.29 is 14.6 Å². The van der Waals surface area contributed by atoms with Crippen LogP contribution in [0.5, 0.6) is 5.75 Å². The number of rotatable bonds is 7. The quantitative estimate of drug-likeness (QED) is 0.484. The number of H-pyrrole nitrogens is 1. The number of aromatic hydroxyl groups is 1. The van der Waals surface area contributed by atoms with Crippen molar-refractivity contribution >= 4 is 23.3 Å². The number of aliphatic hydroxyl groups is 1. The van der Waals surface area contributed by atoms with Crippen LogP contribution in [-0.2, 0) is 6.42 Å². The second kappa shape index (κ2) is 9.68. The van der Waals surface area contributed by atoms with Crippen molar-refractivity contribution in [3.8, 4) is 5.75 Å². The molecule has 0 aliphatic rings. The molecule has 1 aromatic heterocycles. The Labute approximate surface area is 168 Å². The molecule has 0 aliphatic carbocycles. The van der Waals surface area contributed by atoms with Gasteiger partial charge in [-0.05, 0) is 55.2 Å². The highest BCUT2D eigenvalue weighted by atomic mass is 35.5. The summed E-state index contributed by atoms with van der Waals surface area (Å²) in [6.45, 7) is 2.37. The predicted molar refractivity (Wildman–Crippen MR) is 111 cm³/mol. The third kappa shape index (κ3) is 5.32. The number of phenols is 1. The van der Waals surface area contributed by atoms with Gasteiger partial charge in [0.2, 0.25) is 5.56 Å². The maximum atomic E-state index is 12.9. The Hall–Kier alpha value is -2.41. The van der Waals surface area contributed by atoms with Crippen LogP contribution < -0.4 is 10.9 Å². The molecule has 5 nitrogen and oxygen atoms in total. The van der Waals surface area contributed by atoms with Crippen LogP contribution >= 0.6 is 12.4 Å². The van der Waals surface area contributed by atoms with Crippen LogP contribution in [0.25, 0.3) is 10.9 Å². The number of fused-ring (bicyclic) bond motifs is 1. The van der Waals surface area contributed by atoms with Crippen molar-refractivity contribution in [1.82, 2.24) is 10.3 Å². The van der Waals surface area contributed by atoms with E-state index < -0.39 is 6.10 Å². The van der Waals surface area contributed by atoms with E-state index in [-0.39, 0.29) is 35.6 Å². The number of phenolic OH excluding ortho intramolecular Hbond substituents is 1. The first-order chi connectivity index (χ1) is 12.9. The van der Waals surface area contributed by atoms with Gasteiger partial charge in [0, 0.05) is 24.0 Å². The molecular weight excluding hydrogens is 383 g/mol. The van der Waals surface area contributed by atoms with E-state index in [9.17, 15) is 19.4 Å². The zero-order valence-corrected chi connectivity index (χ0v) is 16.3. The number of halogens is 2. The first-order valence-corrected chi connectivity index (χ1v) is 8.95. The lowest BCUT2D eigenvalue weighted by molar-refractivity contribution is 0.171. The SMILES string of the molecule is CC(CCc1ccc(F)cc1)NCC(O)c1ccc(O)c2[nH]c(=O)ccc12.Cl. The molecule has 0 bridgehead atoms. The van der Waals surface area contributed by atoms with Gasteiger partial charge in [0.05, 0.1) is 11.6 Å². The van der Waals surface area contributed by atoms with E-state index in [0.29, 0.717) is 23.0 Å². The second-order valence-corrected chi connectivity index (χ2v) is 6.78. The van der Waals surface area contributed by atoms with Crippen molar-refractivity contribution in [3.63, 3.8) is 0 Å². The zero-order chi connectivity index (χ0) is 19.4. The first kappa shape index (κ1) is 21.9. The highest BCUT2D eigenvalue weighted by Crippen LogP contribution is 2.28. The van der Waals surface area contributed by atoms with Gasteiger partial charge in [-0.1, -0.05) is 18.2 Å². The largest absolute Gasteiger partial charge is 0.506 e. The van der Waals surface area contributed by atoms with Crippen molar-refractivity contribution in [1.29, 1.82) is 0 Å². The van der Waals surface area contributed by atoms with E-state index in [4.69, 9.17) is 0 Å². The van der Waals surface area contributed by atoms with Gasteiger partial charge in [0.15, 0.2) is 0 Å². The van der Waals surface area contributed by atoms with E-state index >= 15 is 0 Å². The number of hydrogen-bond donors (Lipinski definition) is 4. The van der Waals surface area contributed by atoms with Crippen LogP contribution in [0.1, 0.15) is 30.6 Å². The smallest absolute Gasteiger partial charge is 0.248 e. The average molecular weight is 407 g/mol. The van der Waals surface area contributed by atoms with Gasteiger partial charge in [-0.2, -0.15) is 0 Å². The number of nitrogens with one attached hydrogen (secondary N) is 2. The van der Waals surface area contributed by atoms with Gasteiger partial charge in [-0.25, -0.2) is 4.39 Å². The molecule has 4 N–H and O–H groups in total. The summed E-state index contributed by atoms with van der Waals surface area (Å²) in [4.78, 5) is 14.1. The summed E-state index contributed by atoms with van der Waals surface area (Å²) in [6.07, 6.45) is 0.878. The van der Waals surface area contributed by atoms with Crippen LogP contribution in [0.3, 0.4) is 0 Å². The van der Waals surface area contributed by atoms with Crippen LogP contribution in [-0.4, -0.2) is 27.8 Å². The first-order valence-electron chi connectivity index (χ1n) is 8.95. The molecule has 28 heavy (non-hydrogen) atoms. The summed E-state index contributed by atoms with van der Waals surface area (Å²) in [6, 6.07) is 12.7. The van der Waals surface area contributed by atoms with Crippen LogP contribution in [0.4, 0.5) is 4.39 Å². The number of benzene rings is 2. The molecule has 0 saturated carbocycles.